The number of hydrogen-bond donors (Lipinski definition) is 2. The van der Waals surface area contributed by atoms with Crippen molar-refractivity contribution in [2.75, 3.05) is 7.11 Å². The summed E-state index contributed by atoms with van der Waals surface area (Å²) < 4.78 is 5.15. The second-order valence-corrected chi connectivity index (χ2v) is 7.16. The Balaban J connectivity index is 1.42. The Morgan fingerprint density at radius 2 is 2.00 bits per heavy atom. The van der Waals surface area contributed by atoms with E-state index in [1.165, 1.54) is 11.3 Å². The SMILES string of the molecule is COc1ccc(-c2n[nH]c(CNC(=O)c3sc(-c4ccccn4)nc3C)n2)cc1. The molecule has 0 aliphatic heterocycles. The van der Waals surface area contributed by atoms with E-state index in [4.69, 9.17) is 4.74 Å². The van der Waals surface area contributed by atoms with Crippen LogP contribution in [0.15, 0.2) is 48.7 Å². The van der Waals surface area contributed by atoms with Crippen molar-refractivity contribution in [3.8, 4) is 27.8 Å². The minimum absolute atomic E-state index is 0.204. The highest BCUT2D eigenvalue weighted by Crippen LogP contribution is 2.26. The standard InChI is InChI=1S/C20H18N6O2S/c1-12-17(29-20(23-12)15-5-3-4-10-21-15)19(27)22-11-16-24-18(26-25-16)13-6-8-14(28-2)9-7-13/h3-10H,11H2,1-2H3,(H,22,27)(H,24,25,26). The van der Waals surface area contributed by atoms with Crippen molar-refractivity contribution in [3.05, 3.63) is 65.1 Å². The fourth-order valence-electron chi connectivity index (χ4n) is 2.69. The number of benzene rings is 1. The Morgan fingerprint density at radius 3 is 2.72 bits per heavy atom. The van der Waals surface area contributed by atoms with Gasteiger partial charge in [0.15, 0.2) is 5.82 Å². The summed E-state index contributed by atoms with van der Waals surface area (Å²) in [4.78, 5) is 26.3. The molecule has 0 spiro atoms. The number of aromatic nitrogens is 5. The molecule has 4 aromatic rings. The van der Waals surface area contributed by atoms with Crippen molar-refractivity contribution in [3.63, 3.8) is 0 Å². The van der Waals surface area contributed by atoms with Gasteiger partial charge in [0.1, 0.15) is 21.5 Å². The van der Waals surface area contributed by atoms with Crippen LogP contribution < -0.4 is 10.1 Å². The quantitative estimate of drug-likeness (QED) is 0.509. The number of carbonyl (C=O) groups excluding carboxylic acids is 1. The van der Waals surface area contributed by atoms with Crippen LogP contribution in [-0.2, 0) is 6.54 Å². The lowest BCUT2D eigenvalue weighted by Gasteiger charge is -2.01. The van der Waals surface area contributed by atoms with E-state index < -0.39 is 0 Å². The smallest absolute Gasteiger partial charge is 0.263 e. The molecule has 146 valence electrons. The second-order valence-electron chi connectivity index (χ2n) is 6.17. The minimum atomic E-state index is -0.204. The first-order valence-corrected chi connectivity index (χ1v) is 9.68. The number of hydrogen-bond acceptors (Lipinski definition) is 7. The molecule has 3 heterocycles. The van der Waals surface area contributed by atoms with Crippen LogP contribution in [0.1, 0.15) is 21.2 Å². The first-order chi connectivity index (χ1) is 14.1. The van der Waals surface area contributed by atoms with Crippen LogP contribution in [0.4, 0.5) is 0 Å². The highest BCUT2D eigenvalue weighted by Gasteiger charge is 2.17. The zero-order chi connectivity index (χ0) is 20.2. The molecule has 0 atom stereocenters. The molecule has 29 heavy (non-hydrogen) atoms. The predicted octanol–water partition coefficient (Wildman–Crippen LogP) is 3.24. The number of ether oxygens (including phenoxy) is 1. The van der Waals surface area contributed by atoms with Crippen LogP contribution in [0.3, 0.4) is 0 Å². The van der Waals surface area contributed by atoms with Crippen LogP contribution in [0, 0.1) is 6.92 Å². The molecule has 3 aromatic heterocycles. The summed E-state index contributed by atoms with van der Waals surface area (Å²) in [6, 6.07) is 13.1. The minimum Gasteiger partial charge on any atom is -0.497 e. The number of pyridine rings is 1. The third kappa shape index (κ3) is 4.14. The third-order valence-corrected chi connectivity index (χ3v) is 5.36. The van der Waals surface area contributed by atoms with Gasteiger partial charge in [-0.15, -0.1) is 11.3 Å². The topological polar surface area (TPSA) is 106 Å². The summed E-state index contributed by atoms with van der Waals surface area (Å²) in [5, 5.41) is 10.6. The van der Waals surface area contributed by atoms with E-state index >= 15 is 0 Å². The van der Waals surface area contributed by atoms with Crippen LogP contribution >= 0.6 is 11.3 Å². The van der Waals surface area contributed by atoms with E-state index in [-0.39, 0.29) is 12.5 Å². The first-order valence-electron chi connectivity index (χ1n) is 8.87. The molecule has 0 radical (unpaired) electrons. The van der Waals surface area contributed by atoms with Gasteiger partial charge in [0, 0.05) is 11.8 Å². The molecule has 0 bridgehead atoms. The number of aromatic amines is 1. The highest BCUT2D eigenvalue weighted by atomic mass is 32.1. The third-order valence-electron chi connectivity index (χ3n) is 4.18. The van der Waals surface area contributed by atoms with Crippen molar-refractivity contribution in [2.24, 2.45) is 0 Å². The molecular weight excluding hydrogens is 388 g/mol. The van der Waals surface area contributed by atoms with Gasteiger partial charge in [0.05, 0.1) is 25.0 Å². The monoisotopic (exact) mass is 406 g/mol. The van der Waals surface area contributed by atoms with Gasteiger partial charge in [-0.3, -0.25) is 14.9 Å². The summed E-state index contributed by atoms with van der Waals surface area (Å²) in [5.41, 5.74) is 2.28. The lowest BCUT2D eigenvalue weighted by atomic mass is 10.2. The zero-order valence-corrected chi connectivity index (χ0v) is 16.7. The van der Waals surface area contributed by atoms with E-state index in [0.29, 0.717) is 22.2 Å². The fraction of sp³-hybridized carbons (Fsp3) is 0.150. The molecule has 1 aromatic carbocycles. The fourth-order valence-corrected chi connectivity index (χ4v) is 3.65. The Kier molecular flexibility index (Phi) is 5.30. The van der Waals surface area contributed by atoms with Crippen LogP contribution in [0.5, 0.6) is 5.75 Å². The molecule has 8 nitrogen and oxygen atoms in total. The van der Waals surface area contributed by atoms with Crippen molar-refractivity contribution in [2.45, 2.75) is 13.5 Å². The van der Waals surface area contributed by atoms with Crippen molar-refractivity contribution >= 4 is 17.2 Å². The summed E-state index contributed by atoms with van der Waals surface area (Å²) in [7, 11) is 1.62. The van der Waals surface area contributed by atoms with E-state index in [9.17, 15) is 4.79 Å². The van der Waals surface area contributed by atoms with Gasteiger partial charge in [0.2, 0.25) is 0 Å². The van der Waals surface area contributed by atoms with Gasteiger partial charge in [-0.2, -0.15) is 5.10 Å². The molecule has 0 fully saturated rings. The summed E-state index contributed by atoms with van der Waals surface area (Å²) in [5.74, 6) is 1.69. The molecule has 0 saturated heterocycles. The molecule has 4 rings (SSSR count). The van der Waals surface area contributed by atoms with Crippen LogP contribution in [-0.4, -0.2) is 38.2 Å². The average molecular weight is 406 g/mol. The molecule has 0 aliphatic carbocycles. The number of methoxy groups -OCH3 is 1. The maximum Gasteiger partial charge on any atom is 0.263 e. The van der Waals surface area contributed by atoms with E-state index in [2.05, 4.69) is 30.5 Å². The number of H-pyrrole nitrogens is 1. The molecule has 9 heteroatoms. The van der Waals surface area contributed by atoms with E-state index in [1.807, 2.05) is 49.4 Å². The van der Waals surface area contributed by atoms with Crippen molar-refractivity contribution < 1.29 is 9.53 Å². The second kappa shape index (κ2) is 8.19. The Bertz CT molecular complexity index is 1120. The number of rotatable bonds is 6. The summed E-state index contributed by atoms with van der Waals surface area (Å²) >= 11 is 1.32. The Labute approximate surface area is 171 Å². The van der Waals surface area contributed by atoms with Gasteiger partial charge < -0.3 is 10.1 Å². The zero-order valence-electron chi connectivity index (χ0n) is 15.8. The van der Waals surface area contributed by atoms with Crippen molar-refractivity contribution in [1.82, 2.24) is 30.5 Å². The van der Waals surface area contributed by atoms with Gasteiger partial charge >= 0.3 is 0 Å². The number of aryl methyl sites for hydroxylation is 1. The van der Waals surface area contributed by atoms with Crippen molar-refractivity contribution in [1.29, 1.82) is 0 Å². The number of nitrogens with one attached hydrogen (secondary N) is 2. The number of amides is 1. The Hall–Kier alpha value is -3.59. The van der Waals surface area contributed by atoms with E-state index in [1.54, 1.807) is 13.3 Å². The number of carbonyl (C=O) groups is 1. The maximum atomic E-state index is 12.6. The van der Waals surface area contributed by atoms with Gasteiger partial charge in [-0.1, -0.05) is 6.07 Å². The normalized spacial score (nSPS) is 10.7. The number of nitrogens with zero attached hydrogens (tertiary/aromatic N) is 4. The van der Waals surface area contributed by atoms with Gasteiger partial charge in [-0.05, 0) is 43.3 Å². The maximum absolute atomic E-state index is 12.6. The largest absolute Gasteiger partial charge is 0.497 e. The molecule has 0 saturated carbocycles. The lowest BCUT2D eigenvalue weighted by molar-refractivity contribution is 0.0953. The first kappa shape index (κ1) is 18.8. The highest BCUT2D eigenvalue weighted by molar-refractivity contribution is 7.17. The molecular formula is C20H18N6O2S. The predicted molar refractivity (Wildman–Crippen MR) is 110 cm³/mol. The van der Waals surface area contributed by atoms with Gasteiger partial charge in [0.25, 0.3) is 5.91 Å². The van der Waals surface area contributed by atoms with Crippen LogP contribution in [0.25, 0.3) is 22.1 Å². The Morgan fingerprint density at radius 1 is 1.17 bits per heavy atom. The molecule has 0 aliphatic rings. The van der Waals surface area contributed by atoms with Gasteiger partial charge in [-0.25, -0.2) is 9.97 Å². The van der Waals surface area contributed by atoms with Crippen LogP contribution in [0.2, 0.25) is 0 Å². The van der Waals surface area contributed by atoms with E-state index in [0.717, 1.165) is 22.0 Å². The molecule has 1 amide bonds. The molecule has 0 unspecified atom stereocenters. The average Bonchev–Trinajstić information content (AvgIpc) is 3.40. The summed E-state index contributed by atoms with van der Waals surface area (Å²) in [6.07, 6.45) is 1.70. The lowest BCUT2D eigenvalue weighted by Crippen LogP contribution is -2.23. The number of thiazole rings is 1. The molecule has 2 N–H and O–H groups in total. The summed E-state index contributed by atoms with van der Waals surface area (Å²) in [6.45, 7) is 2.05.